The van der Waals surface area contributed by atoms with Crippen molar-refractivity contribution in [2.24, 2.45) is 0 Å². The third-order valence-corrected chi connectivity index (χ3v) is 11.3. The van der Waals surface area contributed by atoms with Gasteiger partial charge in [0.1, 0.15) is 0 Å². The van der Waals surface area contributed by atoms with E-state index < -0.39 is 0 Å². The van der Waals surface area contributed by atoms with Crippen LogP contribution in [-0.4, -0.2) is 10.7 Å². The molecule has 0 fully saturated rings. The molecule has 3 heteroatoms. The molecule has 8 aromatic carbocycles. The lowest BCUT2D eigenvalue weighted by atomic mass is 9.86. The van der Waals surface area contributed by atoms with E-state index in [4.69, 9.17) is 4.98 Å². The van der Waals surface area contributed by atoms with Crippen LogP contribution in [0.1, 0.15) is 27.8 Å². The number of hydrogen-bond donors (Lipinski definition) is 2. The summed E-state index contributed by atoms with van der Waals surface area (Å²) in [5.41, 5.74) is 18.7. The van der Waals surface area contributed by atoms with Gasteiger partial charge >= 0.3 is 0 Å². The molecular weight excluding hydrogens is 739 g/mol. The molecule has 0 atom stereocenters. The fraction of sp³-hybridized carbons (Fsp3) is 0. The maximum Gasteiger partial charge on any atom is 0.0715 e. The van der Waals surface area contributed by atoms with Crippen molar-refractivity contribution in [1.82, 2.24) is 10.3 Å². The maximum absolute atomic E-state index is 9.77. The van der Waals surface area contributed by atoms with Gasteiger partial charge in [-0.1, -0.05) is 200 Å². The molecule has 0 bridgehead atoms. The molecule has 0 unspecified atom stereocenters. The van der Waals surface area contributed by atoms with E-state index >= 15 is 0 Å². The van der Waals surface area contributed by atoms with Gasteiger partial charge in [0.2, 0.25) is 0 Å². The summed E-state index contributed by atoms with van der Waals surface area (Å²) in [6.45, 7) is 0. The van der Waals surface area contributed by atoms with Crippen LogP contribution in [-0.2, 0) is 0 Å². The first kappa shape index (κ1) is 37.2. The normalized spacial score (nSPS) is 12.8. The van der Waals surface area contributed by atoms with Crippen LogP contribution in [0, 0.1) is 5.41 Å². The second-order valence-corrected chi connectivity index (χ2v) is 15.2. The first-order valence-corrected chi connectivity index (χ1v) is 20.6. The molecule has 1 aromatic heterocycles. The molecule has 0 aliphatic carbocycles. The van der Waals surface area contributed by atoms with Gasteiger partial charge in [-0.3, -0.25) is 5.41 Å². The molecule has 10 rings (SSSR count). The highest BCUT2D eigenvalue weighted by Crippen LogP contribution is 2.40. The molecule has 1 aliphatic rings. The quantitative estimate of drug-likeness (QED) is 0.143. The van der Waals surface area contributed by atoms with Gasteiger partial charge < -0.3 is 5.32 Å². The Balaban J connectivity index is 1.18. The van der Waals surface area contributed by atoms with E-state index in [9.17, 15) is 5.41 Å². The number of hydrogen-bond acceptors (Lipinski definition) is 3. The van der Waals surface area contributed by atoms with E-state index in [0.717, 1.165) is 101 Å². The fourth-order valence-corrected chi connectivity index (χ4v) is 8.18. The third kappa shape index (κ3) is 7.76. The molecule has 0 spiro atoms. The lowest BCUT2D eigenvalue weighted by Gasteiger charge is -2.27. The Bertz CT molecular complexity index is 2980. The van der Waals surface area contributed by atoms with Crippen molar-refractivity contribution in [2.75, 3.05) is 0 Å². The third-order valence-electron chi connectivity index (χ3n) is 11.3. The second-order valence-electron chi connectivity index (χ2n) is 15.2. The highest BCUT2D eigenvalue weighted by molar-refractivity contribution is 6.36. The molecule has 61 heavy (non-hydrogen) atoms. The van der Waals surface area contributed by atoms with Crippen LogP contribution < -0.4 is 5.32 Å². The number of benzene rings is 8. The number of nitrogens with zero attached hydrogens (tertiary/aromatic N) is 1. The van der Waals surface area contributed by atoms with Gasteiger partial charge in [0.15, 0.2) is 0 Å². The Morgan fingerprint density at radius 1 is 0.361 bits per heavy atom. The molecule has 9 aromatic rings. The standard InChI is InChI=1S/C58H41N3/c59-57(44-26-14-5-15-27-44)56(43-24-12-4-13-25-43)58-52-36-47(32-33-48(52)37-53(61-58)42-22-10-3-11-23-42)51-38-54(49-30-16-28-45(34-49)40-18-6-1-7-19-40)60-55(39-51)50-31-17-29-46(35-50)41-20-8-2-9-21-41/h1-39,59,61H/b58-56-,59-57?. The molecule has 2 heterocycles. The van der Waals surface area contributed by atoms with Gasteiger partial charge in [-0.25, -0.2) is 4.98 Å². The molecule has 3 nitrogen and oxygen atoms in total. The minimum atomic E-state index is 0.449. The summed E-state index contributed by atoms with van der Waals surface area (Å²) >= 11 is 0. The van der Waals surface area contributed by atoms with Crippen molar-refractivity contribution in [1.29, 1.82) is 5.41 Å². The van der Waals surface area contributed by atoms with Crippen molar-refractivity contribution >= 4 is 28.8 Å². The van der Waals surface area contributed by atoms with Gasteiger partial charge in [-0.15, -0.1) is 0 Å². The van der Waals surface area contributed by atoms with Crippen LogP contribution in [0.4, 0.5) is 0 Å². The van der Waals surface area contributed by atoms with Crippen LogP contribution >= 0.6 is 0 Å². The first-order valence-electron chi connectivity index (χ1n) is 20.6. The van der Waals surface area contributed by atoms with Gasteiger partial charge in [0.05, 0.1) is 22.8 Å². The topological polar surface area (TPSA) is 48.8 Å². The molecule has 288 valence electrons. The number of allylic oxidation sites excluding steroid dienone is 1. The maximum atomic E-state index is 9.77. The average Bonchev–Trinajstić information content (AvgIpc) is 3.35. The predicted octanol–water partition coefficient (Wildman–Crippen LogP) is 14.5. The summed E-state index contributed by atoms with van der Waals surface area (Å²) in [5.74, 6) is 0. The van der Waals surface area contributed by atoms with Crippen molar-refractivity contribution in [3.05, 3.63) is 258 Å². The van der Waals surface area contributed by atoms with Crippen LogP contribution in [0.2, 0.25) is 0 Å². The van der Waals surface area contributed by atoms with Crippen molar-refractivity contribution in [2.45, 2.75) is 0 Å². The van der Waals surface area contributed by atoms with E-state index in [1.165, 1.54) is 0 Å². The molecule has 2 N–H and O–H groups in total. The number of nitrogens with one attached hydrogen (secondary N) is 2. The van der Waals surface area contributed by atoms with E-state index in [0.29, 0.717) is 5.71 Å². The summed E-state index contributed by atoms with van der Waals surface area (Å²) < 4.78 is 0. The van der Waals surface area contributed by atoms with Crippen molar-refractivity contribution in [3.8, 4) is 55.9 Å². The molecule has 1 aliphatic heterocycles. The second kappa shape index (κ2) is 16.6. The Hall–Kier alpha value is -8.14. The number of rotatable bonds is 9. The van der Waals surface area contributed by atoms with Crippen LogP contribution in [0.5, 0.6) is 0 Å². The monoisotopic (exact) mass is 779 g/mol. The SMILES string of the molecule is N=C(/C(=C1\NC(c2ccccc2)=Cc2ccc(-c3cc(-c4cccc(-c5ccccc5)c4)nc(-c4cccc(-c5ccccc5)c4)c3)cc21)c1ccccc1)c1ccccc1. The van der Waals surface area contributed by atoms with E-state index in [1.54, 1.807) is 0 Å². The zero-order valence-electron chi connectivity index (χ0n) is 33.5. The summed E-state index contributed by atoms with van der Waals surface area (Å²) in [4.78, 5) is 5.38. The van der Waals surface area contributed by atoms with Crippen LogP contribution in [0.15, 0.2) is 231 Å². The van der Waals surface area contributed by atoms with Crippen LogP contribution in [0.25, 0.3) is 78.9 Å². The average molecular weight is 780 g/mol. The molecule has 0 radical (unpaired) electrons. The minimum absolute atomic E-state index is 0.449. The highest BCUT2D eigenvalue weighted by atomic mass is 14.9. The summed E-state index contributed by atoms with van der Waals surface area (Å²) in [5, 5.41) is 13.6. The van der Waals surface area contributed by atoms with Gasteiger partial charge in [-0.05, 0) is 86.5 Å². The zero-order valence-corrected chi connectivity index (χ0v) is 33.5. The van der Waals surface area contributed by atoms with Crippen molar-refractivity contribution in [3.63, 3.8) is 0 Å². The van der Waals surface area contributed by atoms with E-state index in [-0.39, 0.29) is 0 Å². The van der Waals surface area contributed by atoms with Gasteiger partial charge in [-0.2, -0.15) is 0 Å². The Morgan fingerprint density at radius 2 is 0.803 bits per heavy atom. The Labute approximate surface area is 357 Å². The van der Waals surface area contributed by atoms with Gasteiger partial charge in [0, 0.05) is 33.5 Å². The van der Waals surface area contributed by atoms with Crippen molar-refractivity contribution < 1.29 is 0 Å². The Kier molecular flexibility index (Phi) is 10.1. The molecule has 0 saturated heterocycles. The minimum Gasteiger partial charge on any atom is -0.354 e. The molecular formula is C58H41N3. The first-order chi connectivity index (χ1) is 30.1. The molecule has 0 amide bonds. The summed E-state index contributed by atoms with van der Waals surface area (Å²) in [6, 6.07) is 80.2. The summed E-state index contributed by atoms with van der Waals surface area (Å²) in [7, 11) is 0. The predicted molar refractivity (Wildman–Crippen MR) is 255 cm³/mol. The Morgan fingerprint density at radius 3 is 1.34 bits per heavy atom. The highest BCUT2D eigenvalue weighted by Gasteiger charge is 2.25. The lowest BCUT2D eigenvalue weighted by Crippen LogP contribution is -2.20. The largest absolute Gasteiger partial charge is 0.354 e. The number of pyridine rings is 1. The summed E-state index contributed by atoms with van der Waals surface area (Å²) in [6.07, 6.45) is 2.22. The van der Waals surface area contributed by atoms with Crippen LogP contribution in [0.3, 0.4) is 0 Å². The lowest BCUT2D eigenvalue weighted by molar-refractivity contribution is 1.22. The fourth-order valence-electron chi connectivity index (χ4n) is 8.18. The van der Waals surface area contributed by atoms with E-state index in [1.807, 2.05) is 54.6 Å². The smallest absolute Gasteiger partial charge is 0.0715 e. The zero-order chi connectivity index (χ0) is 41.0. The molecule has 0 saturated carbocycles. The number of fused-ring (bicyclic) bond motifs is 1. The van der Waals surface area contributed by atoms with Gasteiger partial charge in [0.25, 0.3) is 0 Å². The van der Waals surface area contributed by atoms with E-state index in [2.05, 4.69) is 187 Å². The number of aromatic nitrogens is 1.